The molecule has 0 unspecified atom stereocenters. The summed E-state index contributed by atoms with van der Waals surface area (Å²) in [7, 11) is 0. The summed E-state index contributed by atoms with van der Waals surface area (Å²) in [5, 5.41) is 0. The second-order valence-electron chi connectivity index (χ2n) is 6.97. The van der Waals surface area contributed by atoms with E-state index >= 15 is 0 Å². The molecule has 0 saturated heterocycles. The van der Waals surface area contributed by atoms with E-state index in [0.29, 0.717) is 0 Å². The Bertz CT molecular complexity index is 821. The minimum atomic E-state index is 0.810. The van der Waals surface area contributed by atoms with Gasteiger partial charge in [0.15, 0.2) is 5.82 Å². The molecule has 2 heteroatoms. The fraction of sp³-hybridized carbons (Fsp3) is 0.308. The van der Waals surface area contributed by atoms with E-state index in [1.807, 2.05) is 26.0 Å². The SMILES string of the molecule is C/C=N\c1ncccc1C.CCCCCc1ccc(Cc2ccccc2)cc1. The molecule has 0 aliphatic rings. The van der Waals surface area contributed by atoms with Crippen molar-refractivity contribution >= 4 is 12.0 Å². The van der Waals surface area contributed by atoms with Crippen molar-refractivity contribution in [3.05, 3.63) is 95.2 Å². The van der Waals surface area contributed by atoms with Crippen LogP contribution in [-0.2, 0) is 12.8 Å². The molecule has 28 heavy (non-hydrogen) atoms. The third kappa shape index (κ3) is 7.87. The Kier molecular flexibility index (Phi) is 9.71. The monoisotopic (exact) mass is 372 g/mol. The average molecular weight is 373 g/mol. The molecule has 0 aliphatic heterocycles. The third-order valence-corrected chi connectivity index (χ3v) is 4.58. The number of benzene rings is 2. The number of unbranched alkanes of at least 4 members (excludes halogenated alkanes) is 2. The number of hydrogen-bond donors (Lipinski definition) is 0. The molecule has 146 valence electrons. The topological polar surface area (TPSA) is 25.2 Å². The summed E-state index contributed by atoms with van der Waals surface area (Å²) >= 11 is 0. The summed E-state index contributed by atoms with van der Waals surface area (Å²) in [4.78, 5) is 8.14. The lowest BCUT2D eigenvalue weighted by Crippen LogP contribution is -1.90. The van der Waals surface area contributed by atoms with E-state index in [2.05, 4.69) is 71.5 Å². The normalized spacial score (nSPS) is 10.5. The Morgan fingerprint density at radius 1 is 0.821 bits per heavy atom. The minimum Gasteiger partial charge on any atom is -0.242 e. The highest BCUT2D eigenvalue weighted by molar-refractivity contribution is 5.59. The van der Waals surface area contributed by atoms with Crippen molar-refractivity contribution in [2.24, 2.45) is 4.99 Å². The molecule has 2 aromatic carbocycles. The van der Waals surface area contributed by atoms with E-state index in [4.69, 9.17) is 0 Å². The molecule has 0 aliphatic carbocycles. The van der Waals surface area contributed by atoms with Crippen LogP contribution in [0.2, 0.25) is 0 Å². The zero-order valence-electron chi connectivity index (χ0n) is 17.4. The molecule has 2 nitrogen and oxygen atoms in total. The first-order valence-electron chi connectivity index (χ1n) is 10.2. The highest BCUT2D eigenvalue weighted by Gasteiger charge is 1.97. The molecule has 0 fully saturated rings. The molecule has 0 N–H and O–H groups in total. The van der Waals surface area contributed by atoms with Gasteiger partial charge in [-0.2, -0.15) is 0 Å². The number of aromatic nitrogens is 1. The van der Waals surface area contributed by atoms with Crippen LogP contribution in [0.25, 0.3) is 0 Å². The molecular weight excluding hydrogens is 340 g/mol. The van der Waals surface area contributed by atoms with Crippen LogP contribution in [0.4, 0.5) is 5.82 Å². The van der Waals surface area contributed by atoms with Gasteiger partial charge < -0.3 is 0 Å². The summed E-state index contributed by atoms with van der Waals surface area (Å²) < 4.78 is 0. The van der Waals surface area contributed by atoms with Crippen LogP contribution >= 0.6 is 0 Å². The van der Waals surface area contributed by atoms with Gasteiger partial charge in [0, 0.05) is 12.4 Å². The summed E-state index contributed by atoms with van der Waals surface area (Å²) in [6, 6.07) is 23.7. The molecule has 0 saturated carbocycles. The van der Waals surface area contributed by atoms with Crippen molar-refractivity contribution in [3.63, 3.8) is 0 Å². The second kappa shape index (κ2) is 12.6. The maximum absolute atomic E-state index is 4.07. The van der Waals surface area contributed by atoms with Crippen molar-refractivity contribution < 1.29 is 0 Å². The molecule has 3 rings (SSSR count). The lowest BCUT2D eigenvalue weighted by atomic mass is 10.0. The van der Waals surface area contributed by atoms with Gasteiger partial charge in [-0.1, -0.05) is 80.4 Å². The zero-order chi connectivity index (χ0) is 20.0. The molecule has 0 amide bonds. The van der Waals surface area contributed by atoms with Gasteiger partial charge in [0.1, 0.15) is 0 Å². The number of pyridine rings is 1. The van der Waals surface area contributed by atoms with Crippen LogP contribution in [0.15, 0.2) is 77.9 Å². The third-order valence-electron chi connectivity index (χ3n) is 4.58. The Morgan fingerprint density at radius 2 is 1.50 bits per heavy atom. The van der Waals surface area contributed by atoms with Gasteiger partial charge in [-0.3, -0.25) is 0 Å². The Balaban J connectivity index is 0.000000237. The van der Waals surface area contributed by atoms with Crippen molar-refractivity contribution in [1.29, 1.82) is 0 Å². The smallest absolute Gasteiger partial charge is 0.154 e. The van der Waals surface area contributed by atoms with E-state index in [9.17, 15) is 0 Å². The Labute approximate surface area is 170 Å². The summed E-state index contributed by atoms with van der Waals surface area (Å²) in [6.45, 7) is 6.13. The number of aliphatic imine (C=N–C) groups is 1. The maximum atomic E-state index is 4.07. The predicted molar refractivity (Wildman–Crippen MR) is 122 cm³/mol. The van der Waals surface area contributed by atoms with Crippen molar-refractivity contribution in [2.75, 3.05) is 0 Å². The van der Waals surface area contributed by atoms with E-state index in [-0.39, 0.29) is 0 Å². The molecule has 3 aromatic rings. The van der Waals surface area contributed by atoms with E-state index in [0.717, 1.165) is 17.8 Å². The van der Waals surface area contributed by atoms with Gasteiger partial charge in [-0.15, -0.1) is 0 Å². The van der Waals surface area contributed by atoms with Gasteiger partial charge in [0.05, 0.1) is 0 Å². The van der Waals surface area contributed by atoms with Crippen molar-refractivity contribution in [1.82, 2.24) is 4.98 Å². The summed E-state index contributed by atoms with van der Waals surface area (Å²) in [5.41, 5.74) is 5.37. The molecular formula is C26H32N2. The van der Waals surface area contributed by atoms with Crippen LogP contribution in [0.1, 0.15) is 55.4 Å². The lowest BCUT2D eigenvalue weighted by Gasteiger charge is -2.04. The van der Waals surface area contributed by atoms with Crippen LogP contribution in [0.5, 0.6) is 0 Å². The molecule has 1 aromatic heterocycles. The molecule has 0 atom stereocenters. The van der Waals surface area contributed by atoms with Gasteiger partial charge in [-0.25, -0.2) is 9.98 Å². The van der Waals surface area contributed by atoms with Crippen LogP contribution < -0.4 is 0 Å². The first-order valence-corrected chi connectivity index (χ1v) is 10.2. The highest BCUT2D eigenvalue weighted by Crippen LogP contribution is 2.13. The fourth-order valence-corrected chi connectivity index (χ4v) is 2.97. The lowest BCUT2D eigenvalue weighted by molar-refractivity contribution is 0.717. The Hall–Kier alpha value is -2.74. The first-order chi connectivity index (χ1) is 13.7. The number of aryl methyl sites for hydroxylation is 2. The standard InChI is InChI=1S/C18H22.C8H10N2/c1-2-3-5-8-16-11-13-18(14-12-16)15-17-9-6-4-7-10-17;1-3-9-8-7(2)5-4-6-10-8/h4,6-7,9-14H,2-3,5,8,15H2,1H3;3-6H,1-2H3/b;9-3-. The van der Waals surface area contributed by atoms with Gasteiger partial charge in [-0.05, 0) is 61.4 Å². The van der Waals surface area contributed by atoms with Crippen LogP contribution in [0.3, 0.4) is 0 Å². The highest BCUT2D eigenvalue weighted by atomic mass is 14.9. The quantitative estimate of drug-likeness (QED) is 0.320. The molecule has 0 bridgehead atoms. The minimum absolute atomic E-state index is 0.810. The largest absolute Gasteiger partial charge is 0.242 e. The average Bonchev–Trinajstić information content (AvgIpc) is 2.73. The van der Waals surface area contributed by atoms with E-state index < -0.39 is 0 Å². The van der Waals surface area contributed by atoms with Gasteiger partial charge in [0.2, 0.25) is 0 Å². The first kappa shape index (κ1) is 21.6. The fourth-order valence-electron chi connectivity index (χ4n) is 2.97. The number of rotatable bonds is 7. The van der Waals surface area contributed by atoms with Crippen LogP contribution in [-0.4, -0.2) is 11.2 Å². The second-order valence-corrected chi connectivity index (χ2v) is 6.97. The Morgan fingerprint density at radius 3 is 2.14 bits per heavy atom. The van der Waals surface area contributed by atoms with Crippen molar-refractivity contribution in [2.45, 2.75) is 52.9 Å². The predicted octanol–water partition coefficient (Wildman–Crippen LogP) is 7.12. The zero-order valence-corrected chi connectivity index (χ0v) is 17.4. The van der Waals surface area contributed by atoms with E-state index in [1.54, 1.807) is 12.4 Å². The molecule has 0 spiro atoms. The van der Waals surface area contributed by atoms with Gasteiger partial charge >= 0.3 is 0 Å². The van der Waals surface area contributed by atoms with Crippen molar-refractivity contribution in [3.8, 4) is 0 Å². The summed E-state index contributed by atoms with van der Waals surface area (Å²) in [5.74, 6) is 0.810. The molecule has 1 heterocycles. The van der Waals surface area contributed by atoms with E-state index in [1.165, 1.54) is 42.4 Å². The number of nitrogens with zero attached hydrogens (tertiary/aromatic N) is 2. The summed E-state index contributed by atoms with van der Waals surface area (Å²) in [6.07, 6.45) is 9.70. The van der Waals surface area contributed by atoms with Gasteiger partial charge in [0.25, 0.3) is 0 Å². The van der Waals surface area contributed by atoms with Crippen LogP contribution in [0, 0.1) is 6.92 Å². The maximum Gasteiger partial charge on any atom is 0.154 e. The molecule has 0 radical (unpaired) electrons. The number of hydrogen-bond acceptors (Lipinski definition) is 2.